The van der Waals surface area contributed by atoms with Crippen molar-refractivity contribution >= 4 is 22.7 Å². The molecule has 0 aliphatic carbocycles. The number of nitrogens with zero attached hydrogens (tertiary/aromatic N) is 1. The Hall–Kier alpha value is -1.13. The van der Waals surface area contributed by atoms with Crippen LogP contribution in [-0.2, 0) is 5.41 Å². The van der Waals surface area contributed by atoms with E-state index in [1.54, 1.807) is 0 Å². The molecule has 1 saturated heterocycles. The fourth-order valence-corrected chi connectivity index (χ4v) is 2.93. The molecule has 2 aromatic rings. The number of nitrogens with one attached hydrogen (secondary N) is 1. The van der Waals surface area contributed by atoms with Gasteiger partial charge in [-0.1, -0.05) is 25.4 Å². The largest absolute Gasteiger partial charge is 0.440 e. The Labute approximate surface area is 116 Å². The molecule has 3 rings (SSSR count). The maximum atomic E-state index is 13.5. The van der Waals surface area contributed by atoms with Gasteiger partial charge in [0.25, 0.3) is 0 Å². The molecule has 5 heteroatoms. The smallest absolute Gasteiger partial charge is 0.203 e. The highest BCUT2D eigenvalue weighted by molar-refractivity contribution is 6.31. The molecule has 1 N–H and O–H groups in total. The highest BCUT2D eigenvalue weighted by Gasteiger charge is 2.43. The molecule has 0 radical (unpaired) electrons. The van der Waals surface area contributed by atoms with Crippen LogP contribution in [0.25, 0.3) is 11.1 Å². The topological polar surface area (TPSA) is 38.1 Å². The van der Waals surface area contributed by atoms with Crippen LogP contribution in [0.15, 0.2) is 16.5 Å². The molecule has 1 unspecified atom stereocenters. The average Bonchev–Trinajstić information content (AvgIpc) is 2.96. The average molecular weight is 283 g/mol. The highest BCUT2D eigenvalue weighted by Crippen LogP contribution is 2.39. The molecule has 1 aliphatic rings. The first-order valence-corrected chi connectivity index (χ1v) is 6.87. The number of fused-ring (bicyclic) bond motifs is 1. The summed E-state index contributed by atoms with van der Waals surface area (Å²) >= 11 is 5.78. The van der Waals surface area contributed by atoms with Gasteiger partial charge in [0.2, 0.25) is 5.89 Å². The summed E-state index contributed by atoms with van der Waals surface area (Å²) in [5.74, 6) is 0.611. The fraction of sp³-hybridized carbons (Fsp3) is 0.500. The molecular formula is C14H16ClFN2O. The molecular weight excluding hydrogens is 267 g/mol. The Balaban J connectivity index is 2.14. The van der Waals surface area contributed by atoms with E-state index < -0.39 is 5.82 Å². The SMILES string of the molecule is CC(C)C1(c2nc3cc(Cl)c(F)cc3o2)CCNC1. The molecule has 1 aromatic heterocycles. The van der Waals surface area contributed by atoms with Gasteiger partial charge in [0, 0.05) is 12.6 Å². The van der Waals surface area contributed by atoms with Gasteiger partial charge < -0.3 is 9.73 Å². The minimum absolute atomic E-state index is 0.0792. The molecule has 0 spiro atoms. The molecule has 1 fully saturated rings. The Morgan fingerprint density at radius 1 is 1.47 bits per heavy atom. The lowest BCUT2D eigenvalue weighted by molar-refractivity contribution is 0.269. The molecule has 102 valence electrons. The lowest BCUT2D eigenvalue weighted by Gasteiger charge is -2.28. The van der Waals surface area contributed by atoms with E-state index in [1.807, 2.05) is 0 Å². The number of rotatable bonds is 2. The van der Waals surface area contributed by atoms with E-state index in [2.05, 4.69) is 24.1 Å². The quantitative estimate of drug-likeness (QED) is 0.916. The van der Waals surface area contributed by atoms with Crippen molar-refractivity contribution in [3.05, 3.63) is 28.9 Å². The third-order valence-electron chi connectivity index (χ3n) is 4.15. The van der Waals surface area contributed by atoms with E-state index in [0.717, 1.165) is 19.5 Å². The lowest BCUT2D eigenvalue weighted by Crippen LogP contribution is -2.35. The molecule has 19 heavy (non-hydrogen) atoms. The van der Waals surface area contributed by atoms with Crippen molar-refractivity contribution < 1.29 is 8.81 Å². The van der Waals surface area contributed by atoms with Crippen molar-refractivity contribution in [2.45, 2.75) is 25.7 Å². The number of hydrogen-bond donors (Lipinski definition) is 1. The van der Waals surface area contributed by atoms with E-state index in [9.17, 15) is 4.39 Å². The summed E-state index contributed by atoms with van der Waals surface area (Å²) < 4.78 is 19.3. The summed E-state index contributed by atoms with van der Waals surface area (Å²) in [6.45, 7) is 6.12. The first-order valence-electron chi connectivity index (χ1n) is 6.50. The van der Waals surface area contributed by atoms with Crippen LogP contribution in [0.1, 0.15) is 26.2 Å². The van der Waals surface area contributed by atoms with Crippen LogP contribution in [0.2, 0.25) is 5.02 Å². The van der Waals surface area contributed by atoms with E-state index in [1.165, 1.54) is 12.1 Å². The molecule has 3 nitrogen and oxygen atoms in total. The highest BCUT2D eigenvalue weighted by atomic mass is 35.5. The van der Waals surface area contributed by atoms with Crippen LogP contribution in [0, 0.1) is 11.7 Å². The Kier molecular flexibility index (Phi) is 3.02. The number of hydrogen-bond acceptors (Lipinski definition) is 3. The predicted molar refractivity (Wildman–Crippen MR) is 73.0 cm³/mol. The van der Waals surface area contributed by atoms with Gasteiger partial charge in [0.1, 0.15) is 11.3 Å². The Morgan fingerprint density at radius 2 is 2.26 bits per heavy atom. The van der Waals surface area contributed by atoms with Crippen LogP contribution < -0.4 is 5.32 Å². The summed E-state index contributed by atoms with van der Waals surface area (Å²) in [5, 5.41) is 3.44. The third-order valence-corrected chi connectivity index (χ3v) is 4.44. The number of benzene rings is 1. The zero-order valence-electron chi connectivity index (χ0n) is 11.0. The molecule has 0 saturated carbocycles. The lowest BCUT2D eigenvalue weighted by atomic mass is 9.76. The second-order valence-electron chi connectivity index (χ2n) is 5.49. The monoisotopic (exact) mass is 282 g/mol. The van der Waals surface area contributed by atoms with Crippen molar-refractivity contribution in [2.75, 3.05) is 13.1 Å². The molecule has 1 aliphatic heterocycles. The second kappa shape index (κ2) is 4.46. The van der Waals surface area contributed by atoms with Crippen molar-refractivity contribution in [1.82, 2.24) is 10.3 Å². The predicted octanol–water partition coefficient (Wildman–Crippen LogP) is 3.51. The zero-order valence-corrected chi connectivity index (χ0v) is 11.7. The van der Waals surface area contributed by atoms with Gasteiger partial charge in [-0.15, -0.1) is 0 Å². The second-order valence-corrected chi connectivity index (χ2v) is 5.90. The van der Waals surface area contributed by atoms with Crippen molar-refractivity contribution in [1.29, 1.82) is 0 Å². The molecule has 2 heterocycles. The fourth-order valence-electron chi connectivity index (χ4n) is 2.77. The van der Waals surface area contributed by atoms with Crippen LogP contribution in [0.4, 0.5) is 4.39 Å². The number of oxazole rings is 1. The van der Waals surface area contributed by atoms with Gasteiger partial charge in [0.15, 0.2) is 5.58 Å². The minimum Gasteiger partial charge on any atom is -0.440 e. The summed E-state index contributed by atoms with van der Waals surface area (Å²) in [7, 11) is 0. The van der Waals surface area contributed by atoms with E-state index in [-0.39, 0.29) is 10.4 Å². The third kappa shape index (κ3) is 1.94. The van der Waals surface area contributed by atoms with E-state index in [4.69, 9.17) is 16.0 Å². The van der Waals surface area contributed by atoms with E-state index >= 15 is 0 Å². The van der Waals surface area contributed by atoms with Gasteiger partial charge >= 0.3 is 0 Å². The van der Waals surface area contributed by atoms with Crippen LogP contribution >= 0.6 is 11.6 Å². The molecule has 1 aromatic carbocycles. The van der Waals surface area contributed by atoms with Crippen LogP contribution in [0.5, 0.6) is 0 Å². The number of aromatic nitrogens is 1. The van der Waals surface area contributed by atoms with Gasteiger partial charge in [-0.25, -0.2) is 9.37 Å². The summed E-state index contributed by atoms with van der Waals surface area (Å²) in [5.41, 5.74) is 0.972. The van der Waals surface area contributed by atoms with Gasteiger partial charge in [-0.05, 0) is 24.9 Å². The van der Waals surface area contributed by atoms with Crippen molar-refractivity contribution in [3.63, 3.8) is 0 Å². The maximum Gasteiger partial charge on any atom is 0.203 e. The minimum atomic E-state index is -0.472. The van der Waals surface area contributed by atoms with Crippen molar-refractivity contribution in [2.24, 2.45) is 5.92 Å². The summed E-state index contributed by atoms with van der Waals surface area (Å²) in [4.78, 5) is 4.53. The Morgan fingerprint density at radius 3 is 2.89 bits per heavy atom. The van der Waals surface area contributed by atoms with Gasteiger partial charge in [-0.3, -0.25) is 0 Å². The molecule has 0 amide bonds. The number of halogens is 2. The van der Waals surface area contributed by atoms with E-state index in [0.29, 0.717) is 22.9 Å². The molecule has 1 atom stereocenters. The van der Waals surface area contributed by atoms with Crippen LogP contribution in [0.3, 0.4) is 0 Å². The van der Waals surface area contributed by atoms with Gasteiger partial charge in [0.05, 0.1) is 10.4 Å². The zero-order chi connectivity index (χ0) is 13.6. The summed E-state index contributed by atoms with van der Waals surface area (Å²) in [6, 6.07) is 2.83. The van der Waals surface area contributed by atoms with Crippen molar-refractivity contribution in [3.8, 4) is 0 Å². The standard InChI is InChI=1S/C14H16ClFN2O/c1-8(2)14(3-4-17-7-14)13-18-11-5-9(15)10(16)6-12(11)19-13/h5-6,8,17H,3-4,7H2,1-2H3. The summed E-state index contributed by atoms with van der Waals surface area (Å²) in [6.07, 6.45) is 0.980. The normalized spacial score (nSPS) is 23.6. The van der Waals surface area contributed by atoms with Gasteiger partial charge in [-0.2, -0.15) is 0 Å². The first-order chi connectivity index (χ1) is 9.03. The first kappa shape index (κ1) is 12.9. The molecule has 0 bridgehead atoms. The Bertz CT molecular complexity index is 578. The van der Waals surface area contributed by atoms with Crippen LogP contribution in [-0.4, -0.2) is 18.1 Å². The maximum absolute atomic E-state index is 13.5.